The van der Waals surface area contributed by atoms with Gasteiger partial charge in [-0.3, -0.25) is 8.97 Å². The van der Waals surface area contributed by atoms with Gasteiger partial charge in [0.2, 0.25) is 5.78 Å². The zero-order chi connectivity index (χ0) is 36.7. The van der Waals surface area contributed by atoms with Gasteiger partial charge in [0.05, 0.1) is 30.1 Å². The molecule has 0 saturated heterocycles. The van der Waals surface area contributed by atoms with Crippen LogP contribution in [0.1, 0.15) is 19.4 Å². The lowest BCUT2D eigenvalue weighted by atomic mass is 10.0. The highest BCUT2D eigenvalue weighted by molar-refractivity contribution is 8.00. The first-order chi connectivity index (χ1) is 26.3. The second-order valence-electron chi connectivity index (χ2n) is 15.6. The quantitative estimate of drug-likeness (QED) is 0.130. The highest BCUT2D eigenvalue weighted by atomic mass is 32.2. The van der Waals surface area contributed by atoms with Crippen LogP contribution in [0.3, 0.4) is 0 Å². The molecule has 0 unspecified atom stereocenters. The normalized spacial score (nSPS) is 14.9. The van der Waals surface area contributed by atoms with Gasteiger partial charge in [-0.1, -0.05) is 172 Å². The van der Waals surface area contributed by atoms with E-state index in [1.807, 2.05) is 11.8 Å². The van der Waals surface area contributed by atoms with Crippen molar-refractivity contribution in [2.75, 3.05) is 0 Å². The minimum atomic E-state index is -2.99. The van der Waals surface area contributed by atoms with E-state index < -0.39 is 16.1 Å². The minimum Gasteiger partial charge on any atom is -0.278 e. The van der Waals surface area contributed by atoms with Gasteiger partial charge in [-0.25, -0.2) is 4.98 Å². The van der Waals surface area contributed by atoms with Gasteiger partial charge in [0.15, 0.2) is 8.07 Å². The maximum Gasteiger partial charge on any atom is 0.220 e. The van der Waals surface area contributed by atoms with Crippen molar-refractivity contribution >= 4 is 81.7 Å². The van der Waals surface area contributed by atoms with Crippen molar-refractivity contribution in [1.29, 1.82) is 0 Å². The summed E-state index contributed by atoms with van der Waals surface area (Å²) >= 11 is 2.00. The zero-order valence-electron chi connectivity index (χ0n) is 31.0. The average molecular weight is 748 g/mol. The fourth-order valence-electron chi connectivity index (χ4n) is 9.12. The number of nitrogens with zero attached hydrogens (tertiary/aromatic N) is 3. The van der Waals surface area contributed by atoms with E-state index in [9.17, 15) is 0 Å². The molecule has 0 spiro atoms. The van der Waals surface area contributed by atoms with Crippen LogP contribution in [-0.2, 0) is 5.04 Å². The van der Waals surface area contributed by atoms with Gasteiger partial charge in [0.1, 0.15) is 0 Å². The minimum absolute atomic E-state index is 0.00828. The van der Waals surface area contributed by atoms with Crippen LogP contribution < -0.4 is 25.9 Å². The van der Waals surface area contributed by atoms with Crippen molar-refractivity contribution in [3.63, 3.8) is 0 Å². The van der Waals surface area contributed by atoms with Gasteiger partial charge in [0.25, 0.3) is 0 Å². The van der Waals surface area contributed by atoms with Crippen molar-refractivity contribution in [2.45, 2.75) is 41.8 Å². The third kappa shape index (κ3) is 4.63. The smallest absolute Gasteiger partial charge is 0.220 e. The second-order valence-corrected chi connectivity index (χ2v) is 25.5. The molecule has 54 heavy (non-hydrogen) atoms. The van der Waals surface area contributed by atoms with Crippen LogP contribution in [0.25, 0.3) is 33.5 Å². The molecule has 0 N–H and O–H groups in total. The largest absolute Gasteiger partial charge is 0.278 e. The van der Waals surface area contributed by atoms with Crippen molar-refractivity contribution in [1.82, 2.24) is 14.0 Å². The van der Waals surface area contributed by atoms with E-state index in [4.69, 9.17) is 4.98 Å². The predicted molar refractivity (Wildman–Crippen MR) is 234 cm³/mol. The van der Waals surface area contributed by atoms with Gasteiger partial charge in [-0.15, -0.1) is 0 Å². The number of fused-ring (bicyclic) bond motifs is 7. The Labute approximate surface area is 323 Å². The molecule has 0 radical (unpaired) electrons. The molecule has 0 saturated carbocycles. The predicted octanol–water partition coefficient (Wildman–Crippen LogP) is 8.71. The maximum absolute atomic E-state index is 5.25. The zero-order valence-corrected chi connectivity index (χ0v) is 33.8. The number of benzene rings is 7. The molecule has 3 heterocycles. The Kier molecular flexibility index (Phi) is 7.57. The van der Waals surface area contributed by atoms with Gasteiger partial charge in [-0.05, 0) is 79.0 Å². The van der Waals surface area contributed by atoms with E-state index in [-0.39, 0.29) is 5.04 Å². The topological polar surface area (TPSA) is 22.2 Å². The number of aromatic nitrogens is 3. The summed E-state index contributed by atoms with van der Waals surface area (Å²) in [5, 5.41) is 7.09. The molecule has 262 valence electrons. The third-order valence-corrected chi connectivity index (χ3v) is 24.0. The van der Waals surface area contributed by atoms with E-state index in [0.29, 0.717) is 0 Å². The van der Waals surface area contributed by atoms with Crippen LogP contribution in [-0.4, -0.2) is 30.1 Å². The lowest BCUT2D eigenvalue weighted by molar-refractivity contribution is 0.711. The molecule has 6 heteroatoms. The highest BCUT2D eigenvalue weighted by Gasteiger charge is 2.50. The molecular formula is C48H41N3SSi2. The second kappa shape index (κ2) is 12.3. The summed E-state index contributed by atoms with van der Waals surface area (Å²) in [5.41, 5.74) is 7.00. The van der Waals surface area contributed by atoms with Gasteiger partial charge in [-0.2, -0.15) is 0 Å². The molecule has 0 bridgehead atoms. The number of para-hydroxylation sites is 4. The number of hydrogen-bond donors (Lipinski definition) is 0. The average Bonchev–Trinajstić information content (AvgIpc) is 3.72. The number of hydrogen-bond acceptors (Lipinski definition) is 2. The van der Waals surface area contributed by atoms with Crippen LogP contribution in [0.2, 0.25) is 13.1 Å². The molecule has 3 nitrogen and oxygen atoms in total. The Morgan fingerprint density at radius 2 is 1.17 bits per heavy atom. The van der Waals surface area contributed by atoms with Crippen molar-refractivity contribution in [2.24, 2.45) is 0 Å². The van der Waals surface area contributed by atoms with E-state index in [1.54, 1.807) is 5.19 Å². The summed E-state index contributed by atoms with van der Waals surface area (Å²) in [4.78, 5) is 8.08. The lowest BCUT2D eigenvalue weighted by Gasteiger charge is -2.42. The van der Waals surface area contributed by atoms with Gasteiger partial charge < -0.3 is 0 Å². The molecule has 0 aliphatic carbocycles. The Morgan fingerprint density at radius 1 is 0.574 bits per heavy atom. The van der Waals surface area contributed by atoms with Gasteiger partial charge >= 0.3 is 0 Å². The fourth-order valence-corrected chi connectivity index (χ4v) is 19.5. The van der Waals surface area contributed by atoms with Gasteiger partial charge in [0, 0.05) is 15.5 Å². The van der Waals surface area contributed by atoms with Crippen LogP contribution in [0, 0.1) is 0 Å². The Balaban J connectivity index is 1.32. The van der Waals surface area contributed by atoms with E-state index in [1.165, 1.54) is 36.1 Å². The Morgan fingerprint density at radius 3 is 1.91 bits per heavy atom. The van der Waals surface area contributed by atoms with E-state index in [0.717, 1.165) is 33.5 Å². The Hall–Kier alpha value is -5.41. The van der Waals surface area contributed by atoms with E-state index in [2.05, 4.69) is 212 Å². The fraction of sp³-hybridized carbons (Fsp3) is 0.104. The number of imidazole rings is 2. The molecule has 2 aromatic heterocycles. The van der Waals surface area contributed by atoms with Crippen LogP contribution in [0.15, 0.2) is 186 Å². The molecule has 0 amide bonds. The summed E-state index contributed by atoms with van der Waals surface area (Å²) < 4.78 is 4.68. The van der Waals surface area contributed by atoms with Crippen molar-refractivity contribution in [3.05, 3.63) is 181 Å². The summed E-state index contributed by atoms with van der Waals surface area (Å²) in [6.45, 7) is 10.2. The van der Waals surface area contributed by atoms with Crippen LogP contribution in [0.4, 0.5) is 0 Å². The van der Waals surface area contributed by atoms with Crippen molar-refractivity contribution in [3.8, 4) is 5.69 Å². The summed E-state index contributed by atoms with van der Waals surface area (Å²) in [7, 11) is -4.98. The monoisotopic (exact) mass is 747 g/mol. The third-order valence-electron chi connectivity index (χ3n) is 12.5. The SMILES string of the molecule is CC1(C)c2cccc([Si](c3ccccc3)(c3ccccc3)c3cccc(-n4c5ccccc5n5c6ccccc6nc45)c3)c2Sc2ccccc2[Si]1(C)C. The van der Waals surface area contributed by atoms with E-state index >= 15 is 0 Å². The summed E-state index contributed by atoms with van der Waals surface area (Å²) in [6.07, 6.45) is 0. The summed E-state index contributed by atoms with van der Waals surface area (Å²) in [6, 6.07) is 65.8. The first-order valence-electron chi connectivity index (χ1n) is 18.8. The maximum atomic E-state index is 5.25. The molecule has 1 aliphatic rings. The number of rotatable bonds is 5. The first kappa shape index (κ1) is 33.2. The molecule has 0 fully saturated rings. The molecule has 1 aliphatic heterocycles. The highest BCUT2D eigenvalue weighted by Crippen LogP contribution is 2.45. The molecule has 0 atom stereocenters. The lowest BCUT2D eigenvalue weighted by Crippen LogP contribution is -2.75. The molecule has 9 aromatic rings. The molecule has 10 rings (SSSR count). The Bertz CT molecular complexity index is 2830. The van der Waals surface area contributed by atoms with Crippen LogP contribution in [0.5, 0.6) is 0 Å². The molecule has 7 aromatic carbocycles. The van der Waals surface area contributed by atoms with Crippen molar-refractivity contribution < 1.29 is 0 Å². The standard InChI is InChI=1S/C48H41N3SSi2/c1-48(2)38-25-18-32-45(46(38)52-43-30-15-16-31-44(43)53(48,3)4)54(35-20-7-5-8-21-35,36-22-9-6-10-23-36)37-24-17-19-34(33-37)50-41-28-13-14-29-42(41)51-40-27-12-11-26-39(40)49-47(50)51/h5-33H,1-4H3. The molecular weight excluding hydrogens is 707 g/mol. The van der Waals surface area contributed by atoms with Crippen LogP contribution >= 0.6 is 11.8 Å². The first-order valence-corrected chi connectivity index (χ1v) is 24.6. The summed E-state index contributed by atoms with van der Waals surface area (Å²) in [5.74, 6) is 0.927.